The van der Waals surface area contributed by atoms with Crippen molar-refractivity contribution in [3.8, 4) is 0 Å². The van der Waals surface area contributed by atoms with E-state index in [2.05, 4.69) is 32.6 Å². The van der Waals surface area contributed by atoms with E-state index < -0.39 is 0 Å². The molecule has 1 unspecified atom stereocenters. The highest BCUT2D eigenvalue weighted by Crippen LogP contribution is 2.12. The van der Waals surface area contributed by atoms with Crippen molar-refractivity contribution in [2.75, 3.05) is 26.3 Å². The Balaban J connectivity index is 4.25. The SMILES string of the molecule is CCOCC(O)CN(CC(C)C)C(CC)CC. The van der Waals surface area contributed by atoms with Crippen LogP contribution in [0.4, 0.5) is 0 Å². The molecule has 3 nitrogen and oxygen atoms in total. The molecule has 3 heteroatoms. The van der Waals surface area contributed by atoms with Crippen molar-refractivity contribution in [2.45, 2.75) is 59.6 Å². The van der Waals surface area contributed by atoms with Crippen LogP contribution >= 0.6 is 0 Å². The van der Waals surface area contributed by atoms with Gasteiger partial charge in [-0.2, -0.15) is 0 Å². The van der Waals surface area contributed by atoms with Crippen LogP contribution in [-0.2, 0) is 4.74 Å². The third-order valence-electron chi connectivity index (χ3n) is 3.02. The molecule has 0 spiro atoms. The molecule has 17 heavy (non-hydrogen) atoms. The van der Waals surface area contributed by atoms with Crippen LogP contribution in [0.1, 0.15) is 47.5 Å². The molecule has 0 aliphatic rings. The van der Waals surface area contributed by atoms with Crippen LogP contribution in [0, 0.1) is 5.92 Å². The molecule has 0 bridgehead atoms. The van der Waals surface area contributed by atoms with Crippen LogP contribution in [0.15, 0.2) is 0 Å². The summed E-state index contributed by atoms with van der Waals surface area (Å²) in [7, 11) is 0. The molecule has 0 aliphatic carbocycles. The molecule has 1 N–H and O–H groups in total. The third-order valence-corrected chi connectivity index (χ3v) is 3.02. The van der Waals surface area contributed by atoms with Crippen molar-refractivity contribution in [3.63, 3.8) is 0 Å². The Labute approximate surface area is 107 Å². The number of ether oxygens (including phenoxy) is 1. The highest BCUT2D eigenvalue weighted by Gasteiger charge is 2.19. The second-order valence-corrected chi connectivity index (χ2v) is 5.13. The lowest BCUT2D eigenvalue weighted by Gasteiger charge is -2.33. The molecule has 0 rings (SSSR count). The number of hydrogen-bond acceptors (Lipinski definition) is 3. The Kier molecular flexibility index (Phi) is 9.79. The van der Waals surface area contributed by atoms with Crippen LogP contribution in [0.25, 0.3) is 0 Å². The maximum Gasteiger partial charge on any atom is 0.0900 e. The summed E-state index contributed by atoms with van der Waals surface area (Å²) in [5.41, 5.74) is 0. The van der Waals surface area contributed by atoms with Gasteiger partial charge in [-0.05, 0) is 25.7 Å². The van der Waals surface area contributed by atoms with E-state index in [0.29, 0.717) is 25.2 Å². The predicted octanol–water partition coefficient (Wildman–Crippen LogP) is 2.53. The summed E-state index contributed by atoms with van der Waals surface area (Å²) < 4.78 is 5.27. The molecular weight excluding hydrogens is 214 g/mol. The average molecular weight is 245 g/mol. The van der Waals surface area contributed by atoms with Crippen molar-refractivity contribution >= 4 is 0 Å². The Hall–Kier alpha value is -0.120. The Morgan fingerprint density at radius 2 is 1.65 bits per heavy atom. The van der Waals surface area contributed by atoms with Crippen LogP contribution in [0.2, 0.25) is 0 Å². The maximum atomic E-state index is 9.94. The zero-order chi connectivity index (χ0) is 13.3. The number of hydrogen-bond donors (Lipinski definition) is 1. The highest BCUT2D eigenvalue weighted by atomic mass is 16.5. The lowest BCUT2D eigenvalue weighted by Crippen LogP contribution is -2.43. The van der Waals surface area contributed by atoms with Crippen molar-refractivity contribution in [1.29, 1.82) is 0 Å². The molecule has 1 atom stereocenters. The monoisotopic (exact) mass is 245 g/mol. The summed E-state index contributed by atoms with van der Waals surface area (Å²) in [6.45, 7) is 13.7. The van der Waals surface area contributed by atoms with Gasteiger partial charge in [-0.15, -0.1) is 0 Å². The van der Waals surface area contributed by atoms with Gasteiger partial charge in [0, 0.05) is 25.7 Å². The maximum absolute atomic E-state index is 9.94. The molecule has 0 saturated heterocycles. The van der Waals surface area contributed by atoms with Crippen molar-refractivity contribution in [2.24, 2.45) is 5.92 Å². The van der Waals surface area contributed by atoms with Gasteiger partial charge in [-0.3, -0.25) is 4.90 Å². The lowest BCUT2D eigenvalue weighted by molar-refractivity contribution is 0.00844. The van der Waals surface area contributed by atoms with Gasteiger partial charge in [0.15, 0.2) is 0 Å². The van der Waals surface area contributed by atoms with Crippen LogP contribution in [-0.4, -0.2) is 48.5 Å². The zero-order valence-corrected chi connectivity index (χ0v) is 12.3. The Morgan fingerprint density at radius 3 is 2.06 bits per heavy atom. The summed E-state index contributed by atoms with van der Waals surface area (Å²) in [6, 6.07) is 0.577. The number of nitrogens with zero attached hydrogens (tertiary/aromatic N) is 1. The minimum atomic E-state index is -0.366. The topological polar surface area (TPSA) is 32.7 Å². The van der Waals surface area contributed by atoms with E-state index in [1.807, 2.05) is 6.92 Å². The van der Waals surface area contributed by atoms with E-state index in [1.165, 1.54) is 0 Å². The first kappa shape index (κ1) is 16.9. The van der Waals surface area contributed by atoms with Crippen LogP contribution < -0.4 is 0 Å². The largest absolute Gasteiger partial charge is 0.389 e. The Morgan fingerprint density at radius 1 is 1.06 bits per heavy atom. The molecule has 0 amide bonds. The molecule has 0 aromatic heterocycles. The normalized spacial score (nSPS) is 13.9. The van der Waals surface area contributed by atoms with E-state index in [4.69, 9.17) is 4.74 Å². The fraction of sp³-hybridized carbons (Fsp3) is 1.00. The van der Waals surface area contributed by atoms with Gasteiger partial charge in [0.1, 0.15) is 0 Å². The van der Waals surface area contributed by atoms with E-state index in [1.54, 1.807) is 0 Å². The van der Waals surface area contributed by atoms with Crippen LogP contribution in [0.3, 0.4) is 0 Å². The van der Waals surface area contributed by atoms with Gasteiger partial charge in [-0.1, -0.05) is 27.7 Å². The smallest absolute Gasteiger partial charge is 0.0900 e. The minimum Gasteiger partial charge on any atom is -0.389 e. The fourth-order valence-electron chi connectivity index (χ4n) is 2.22. The second kappa shape index (κ2) is 9.86. The predicted molar refractivity (Wildman–Crippen MR) is 73.3 cm³/mol. The van der Waals surface area contributed by atoms with Crippen molar-refractivity contribution < 1.29 is 9.84 Å². The highest BCUT2D eigenvalue weighted by molar-refractivity contribution is 4.73. The molecule has 0 heterocycles. The number of aliphatic hydroxyl groups is 1. The first-order chi connectivity index (χ1) is 8.04. The van der Waals surface area contributed by atoms with Crippen molar-refractivity contribution in [1.82, 2.24) is 4.90 Å². The first-order valence-electron chi connectivity index (χ1n) is 7.04. The first-order valence-corrected chi connectivity index (χ1v) is 7.04. The zero-order valence-electron chi connectivity index (χ0n) is 12.3. The van der Waals surface area contributed by atoms with E-state index in [-0.39, 0.29) is 6.10 Å². The molecule has 0 fully saturated rings. The summed E-state index contributed by atoms with van der Waals surface area (Å²) in [6.07, 6.45) is 1.92. The summed E-state index contributed by atoms with van der Waals surface area (Å²) in [4.78, 5) is 2.41. The molecule has 0 saturated carbocycles. The van der Waals surface area contributed by atoms with Gasteiger partial charge < -0.3 is 9.84 Å². The molecule has 104 valence electrons. The summed E-state index contributed by atoms with van der Waals surface area (Å²) in [5, 5.41) is 9.94. The summed E-state index contributed by atoms with van der Waals surface area (Å²) in [5.74, 6) is 0.634. The van der Waals surface area contributed by atoms with E-state index >= 15 is 0 Å². The number of rotatable bonds is 10. The molecule has 0 aromatic carbocycles. The van der Waals surface area contributed by atoms with Gasteiger partial charge in [0.05, 0.1) is 12.7 Å². The third kappa shape index (κ3) is 7.74. The summed E-state index contributed by atoms with van der Waals surface area (Å²) >= 11 is 0. The van der Waals surface area contributed by atoms with Crippen molar-refractivity contribution in [3.05, 3.63) is 0 Å². The standard InChI is InChI=1S/C14H31NO2/c1-6-13(7-2)15(9-12(4)5)10-14(16)11-17-8-3/h12-14,16H,6-11H2,1-5H3. The second-order valence-electron chi connectivity index (χ2n) is 5.13. The fourth-order valence-corrected chi connectivity index (χ4v) is 2.22. The quantitative estimate of drug-likeness (QED) is 0.642. The van der Waals surface area contributed by atoms with Gasteiger partial charge in [-0.25, -0.2) is 0 Å². The Bertz CT molecular complexity index is 170. The van der Waals surface area contributed by atoms with Crippen LogP contribution in [0.5, 0.6) is 0 Å². The van der Waals surface area contributed by atoms with E-state index in [9.17, 15) is 5.11 Å². The molecule has 0 aliphatic heterocycles. The van der Waals surface area contributed by atoms with E-state index in [0.717, 1.165) is 25.9 Å². The molecular formula is C14H31NO2. The van der Waals surface area contributed by atoms with Gasteiger partial charge >= 0.3 is 0 Å². The average Bonchev–Trinajstić information content (AvgIpc) is 2.27. The molecule has 0 radical (unpaired) electrons. The number of aliphatic hydroxyl groups excluding tert-OH is 1. The van der Waals surface area contributed by atoms with Gasteiger partial charge in [0.25, 0.3) is 0 Å². The minimum absolute atomic E-state index is 0.366. The van der Waals surface area contributed by atoms with Gasteiger partial charge in [0.2, 0.25) is 0 Å². The lowest BCUT2D eigenvalue weighted by atomic mass is 10.1. The molecule has 0 aromatic rings.